The fourth-order valence-electron chi connectivity index (χ4n) is 2.21. The summed E-state index contributed by atoms with van der Waals surface area (Å²) in [5.41, 5.74) is 1.74. The van der Waals surface area contributed by atoms with E-state index in [1.165, 1.54) is 6.07 Å². The first-order chi connectivity index (χ1) is 8.70. The Labute approximate surface area is 113 Å². The number of piperazine rings is 1. The second-order valence-electron chi connectivity index (χ2n) is 4.60. The van der Waals surface area contributed by atoms with Crippen molar-refractivity contribution < 1.29 is 4.39 Å². The number of halogens is 2. The molecule has 0 amide bonds. The zero-order valence-corrected chi connectivity index (χ0v) is 11.2. The molecule has 4 heteroatoms. The van der Waals surface area contributed by atoms with E-state index in [1.807, 2.05) is 12.1 Å². The molecule has 2 rings (SSSR count). The summed E-state index contributed by atoms with van der Waals surface area (Å²) in [6.45, 7) is 8.28. The van der Waals surface area contributed by atoms with E-state index >= 15 is 0 Å². The highest BCUT2D eigenvalue weighted by molar-refractivity contribution is 6.19. The van der Waals surface area contributed by atoms with Crippen molar-refractivity contribution in [2.24, 2.45) is 0 Å². The average molecular weight is 269 g/mol. The maximum absolute atomic E-state index is 13.6. The molecule has 98 valence electrons. The molecule has 1 aliphatic heterocycles. The minimum atomic E-state index is -0.142. The van der Waals surface area contributed by atoms with Crippen molar-refractivity contribution in [2.45, 2.75) is 0 Å². The van der Waals surface area contributed by atoms with Gasteiger partial charge >= 0.3 is 0 Å². The Morgan fingerprint density at radius 1 is 1.22 bits per heavy atom. The highest BCUT2D eigenvalue weighted by Crippen LogP contribution is 2.20. The predicted molar refractivity (Wildman–Crippen MR) is 74.9 cm³/mol. The molecule has 0 unspecified atom stereocenters. The number of alkyl halides is 1. The SMILES string of the molecule is C=C(CCl)CN1CCN(c2ccccc2F)CC1. The first-order valence-electron chi connectivity index (χ1n) is 6.15. The summed E-state index contributed by atoms with van der Waals surface area (Å²) in [5, 5.41) is 0. The van der Waals surface area contributed by atoms with E-state index in [2.05, 4.69) is 16.4 Å². The number of hydrogen-bond donors (Lipinski definition) is 0. The lowest BCUT2D eigenvalue weighted by atomic mass is 10.2. The van der Waals surface area contributed by atoms with E-state index < -0.39 is 0 Å². The Hall–Kier alpha value is -1.06. The van der Waals surface area contributed by atoms with Gasteiger partial charge in [0.25, 0.3) is 0 Å². The molecule has 1 aromatic rings. The predicted octanol–water partition coefficient (Wildman–Crippen LogP) is 2.74. The number of anilines is 1. The molecule has 2 nitrogen and oxygen atoms in total. The van der Waals surface area contributed by atoms with Crippen molar-refractivity contribution in [1.29, 1.82) is 0 Å². The largest absolute Gasteiger partial charge is 0.367 e. The summed E-state index contributed by atoms with van der Waals surface area (Å²) in [7, 11) is 0. The highest BCUT2D eigenvalue weighted by Gasteiger charge is 2.19. The molecule has 1 heterocycles. The fourth-order valence-corrected chi connectivity index (χ4v) is 2.30. The van der Waals surface area contributed by atoms with Gasteiger partial charge in [0.05, 0.1) is 5.69 Å². The van der Waals surface area contributed by atoms with Gasteiger partial charge < -0.3 is 4.90 Å². The molecule has 1 aliphatic rings. The molecule has 0 aliphatic carbocycles. The van der Waals surface area contributed by atoms with Crippen LogP contribution in [0.25, 0.3) is 0 Å². The van der Waals surface area contributed by atoms with Gasteiger partial charge in [-0.3, -0.25) is 4.90 Å². The molecule has 0 aromatic heterocycles. The normalized spacial score (nSPS) is 16.9. The van der Waals surface area contributed by atoms with Crippen LogP contribution < -0.4 is 4.90 Å². The minimum Gasteiger partial charge on any atom is -0.367 e. The second-order valence-corrected chi connectivity index (χ2v) is 4.87. The maximum Gasteiger partial charge on any atom is 0.146 e. The summed E-state index contributed by atoms with van der Waals surface area (Å²) in [6.07, 6.45) is 0. The smallest absolute Gasteiger partial charge is 0.146 e. The number of para-hydroxylation sites is 1. The summed E-state index contributed by atoms with van der Waals surface area (Å²) in [6, 6.07) is 6.94. The fraction of sp³-hybridized carbons (Fsp3) is 0.429. The lowest BCUT2D eigenvalue weighted by molar-refractivity contribution is 0.278. The zero-order chi connectivity index (χ0) is 13.0. The van der Waals surface area contributed by atoms with E-state index in [-0.39, 0.29) is 5.82 Å². The molecule has 1 fully saturated rings. The van der Waals surface area contributed by atoms with Gasteiger partial charge in [-0.1, -0.05) is 18.7 Å². The van der Waals surface area contributed by atoms with E-state index in [1.54, 1.807) is 6.07 Å². The molecule has 18 heavy (non-hydrogen) atoms. The molecule has 1 saturated heterocycles. The van der Waals surface area contributed by atoms with Crippen molar-refractivity contribution >= 4 is 17.3 Å². The molecule has 1 aromatic carbocycles. The Morgan fingerprint density at radius 2 is 1.89 bits per heavy atom. The molecule has 0 radical (unpaired) electrons. The van der Waals surface area contributed by atoms with Crippen LogP contribution in [-0.2, 0) is 0 Å². The van der Waals surface area contributed by atoms with Crippen LogP contribution >= 0.6 is 11.6 Å². The Balaban J connectivity index is 1.91. The standard InChI is InChI=1S/C14H18ClFN2/c1-12(10-15)11-17-6-8-18(9-7-17)14-5-3-2-4-13(14)16/h2-5H,1,6-11H2. The van der Waals surface area contributed by atoms with Crippen LogP contribution in [-0.4, -0.2) is 43.5 Å². The van der Waals surface area contributed by atoms with Crippen LogP contribution in [0.3, 0.4) is 0 Å². The monoisotopic (exact) mass is 268 g/mol. The zero-order valence-electron chi connectivity index (χ0n) is 10.4. The molecule has 0 N–H and O–H groups in total. The molecular formula is C14H18ClFN2. The molecule has 0 bridgehead atoms. The number of hydrogen-bond acceptors (Lipinski definition) is 2. The highest BCUT2D eigenvalue weighted by atomic mass is 35.5. The third-order valence-corrected chi connectivity index (χ3v) is 3.58. The number of rotatable bonds is 4. The van der Waals surface area contributed by atoms with Crippen LogP contribution in [0, 0.1) is 5.82 Å². The van der Waals surface area contributed by atoms with Crippen LogP contribution in [0.5, 0.6) is 0 Å². The molecule has 0 saturated carbocycles. The van der Waals surface area contributed by atoms with Crippen molar-refractivity contribution in [2.75, 3.05) is 43.5 Å². The Bertz CT molecular complexity index is 414. The first-order valence-corrected chi connectivity index (χ1v) is 6.68. The van der Waals surface area contributed by atoms with Gasteiger partial charge in [-0.05, 0) is 17.7 Å². The lowest BCUT2D eigenvalue weighted by Crippen LogP contribution is -2.47. The van der Waals surface area contributed by atoms with Crippen molar-refractivity contribution in [3.63, 3.8) is 0 Å². The van der Waals surface area contributed by atoms with Crippen LogP contribution in [0.2, 0.25) is 0 Å². The Kier molecular flexibility index (Phi) is 4.61. The molecule has 0 atom stereocenters. The van der Waals surface area contributed by atoms with Crippen LogP contribution in [0.15, 0.2) is 36.4 Å². The van der Waals surface area contributed by atoms with Gasteiger partial charge in [0.15, 0.2) is 0 Å². The summed E-state index contributed by atoms with van der Waals surface area (Å²) in [4.78, 5) is 4.40. The summed E-state index contributed by atoms with van der Waals surface area (Å²) >= 11 is 5.73. The van der Waals surface area contributed by atoms with Gasteiger partial charge in [-0.2, -0.15) is 0 Å². The van der Waals surface area contributed by atoms with E-state index in [9.17, 15) is 4.39 Å². The number of nitrogens with zero attached hydrogens (tertiary/aromatic N) is 2. The van der Waals surface area contributed by atoms with E-state index in [4.69, 9.17) is 11.6 Å². The minimum absolute atomic E-state index is 0.142. The third kappa shape index (κ3) is 3.24. The van der Waals surface area contributed by atoms with Gasteiger partial charge in [0.1, 0.15) is 5.82 Å². The number of benzene rings is 1. The van der Waals surface area contributed by atoms with Crippen molar-refractivity contribution in [3.8, 4) is 0 Å². The van der Waals surface area contributed by atoms with E-state index in [0.717, 1.165) is 38.3 Å². The quantitative estimate of drug-likeness (QED) is 0.612. The van der Waals surface area contributed by atoms with Gasteiger partial charge in [0, 0.05) is 38.6 Å². The van der Waals surface area contributed by atoms with Crippen molar-refractivity contribution in [1.82, 2.24) is 4.90 Å². The van der Waals surface area contributed by atoms with Crippen LogP contribution in [0.1, 0.15) is 0 Å². The van der Waals surface area contributed by atoms with Gasteiger partial charge in [0.2, 0.25) is 0 Å². The summed E-state index contributed by atoms with van der Waals surface area (Å²) < 4.78 is 13.6. The second kappa shape index (κ2) is 6.21. The first kappa shape index (κ1) is 13.4. The van der Waals surface area contributed by atoms with Gasteiger partial charge in [-0.25, -0.2) is 4.39 Å². The van der Waals surface area contributed by atoms with Crippen LogP contribution in [0.4, 0.5) is 10.1 Å². The van der Waals surface area contributed by atoms with Gasteiger partial charge in [-0.15, -0.1) is 11.6 Å². The Morgan fingerprint density at radius 3 is 2.50 bits per heavy atom. The lowest BCUT2D eigenvalue weighted by Gasteiger charge is -2.36. The molecule has 0 spiro atoms. The van der Waals surface area contributed by atoms with Crippen molar-refractivity contribution in [3.05, 3.63) is 42.2 Å². The van der Waals surface area contributed by atoms with E-state index in [0.29, 0.717) is 11.6 Å². The topological polar surface area (TPSA) is 6.48 Å². The average Bonchev–Trinajstić information content (AvgIpc) is 2.40. The molecular weight excluding hydrogens is 251 g/mol. The summed E-state index contributed by atoms with van der Waals surface area (Å²) in [5.74, 6) is 0.365. The maximum atomic E-state index is 13.6. The third-order valence-electron chi connectivity index (χ3n) is 3.20.